The number of hydrazone groups is 1. The average molecular weight is 435 g/mol. The molecule has 0 saturated heterocycles. The van der Waals surface area contributed by atoms with Gasteiger partial charge in [-0.3, -0.25) is 0 Å². The van der Waals surface area contributed by atoms with Gasteiger partial charge in [0, 0.05) is 24.6 Å². The summed E-state index contributed by atoms with van der Waals surface area (Å²) < 4.78 is 0. The lowest BCUT2D eigenvalue weighted by atomic mass is 9.82. The lowest BCUT2D eigenvalue weighted by Crippen LogP contribution is -2.41. The van der Waals surface area contributed by atoms with Crippen molar-refractivity contribution in [2.24, 2.45) is 16.8 Å². The molecule has 1 aliphatic heterocycles. The third-order valence-corrected chi connectivity index (χ3v) is 6.20. The van der Waals surface area contributed by atoms with Crippen molar-refractivity contribution in [3.05, 3.63) is 47.7 Å². The predicted octanol–water partition coefficient (Wildman–Crippen LogP) is 5.03. The standard InChI is InChI=1S/C25H34N6O/c1-17(2)31-25(32)30(23-12-10-20(16-28-23)27-14-13-26)22-15-18(3)9-11-21(22)24(29-31)19-7-5-4-6-8-19/h9-12,15-17,19,27H,4-8,13-14,26H2,1-3H3. The first-order valence-electron chi connectivity index (χ1n) is 11.7. The van der Waals surface area contributed by atoms with E-state index in [4.69, 9.17) is 10.8 Å². The van der Waals surface area contributed by atoms with Crippen LogP contribution in [0.4, 0.5) is 22.0 Å². The summed E-state index contributed by atoms with van der Waals surface area (Å²) in [7, 11) is 0. The maximum absolute atomic E-state index is 13.8. The third kappa shape index (κ3) is 4.48. The molecule has 7 heteroatoms. The number of aryl methyl sites for hydroxylation is 1. The number of carbonyl (C=O) groups excluding carboxylic acids is 1. The summed E-state index contributed by atoms with van der Waals surface area (Å²) >= 11 is 0. The van der Waals surface area contributed by atoms with Gasteiger partial charge in [-0.2, -0.15) is 5.10 Å². The fraction of sp³-hybridized carbons (Fsp3) is 0.480. The lowest BCUT2D eigenvalue weighted by molar-refractivity contribution is 0.195. The topological polar surface area (TPSA) is 86.8 Å². The lowest BCUT2D eigenvalue weighted by Gasteiger charge is -2.28. The Morgan fingerprint density at radius 3 is 2.59 bits per heavy atom. The minimum absolute atomic E-state index is 0.0653. The van der Waals surface area contributed by atoms with Gasteiger partial charge in [-0.05, 0) is 57.4 Å². The number of nitrogens with two attached hydrogens (primary N) is 1. The highest BCUT2D eigenvalue weighted by Gasteiger charge is 2.35. The maximum Gasteiger partial charge on any atom is 0.350 e. The van der Waals surface area contributed by atoms with Crippen molar-refractivity contribution in [2.45, 2.75) is 58.9 Å². The fourth-order valence-corrected chi connectivity index (χ4v) is 4.54. The van der Waals surface area contributed by atoms with Gasteiger partial charge < -0.3 is 11.1 Å². The largest absolute Gasteiger partial charge is 0.383 e. The van der Waals surface area contributed by atoms with Crippen LogP contribution in [0.25, 0.3) is 0 Å². The second-order valence-corrected chi connectivity index (χ2v) is 9.02. The van der Waals surface area contributed by atoms with Gasteiger partial charge in [0.25, 0.3) is 0 Å². The first-order valence-corrected chi connectivity index (χ1v) is 11.7. The number of hydrogen-bond donors (Lipinski definition) is 2. The third-order valence-electron chi connectivity index (χ3n) is 6.20. The molecule has 32 heavy (non-hydrogen) atoms. The molecule has 3 N–H and O–H groups in total. The number of urea groups is 1. The Balaban J connectivity index is 1.82. The highest BCUT2D eigenvalue weighted by atomic mass is 16.2. The van der Waals surface area contributed by atoms with Crippen molar-refractivity contribution in [2.75, 3.05) is 23.3 Å². The van der Waals surface area contributed by atoms with Gasteiger partial charge in [-0.15, -0.1) is 0 Å². The Bertz CT molecular complexity index is 978. The maximum atomic E-state index is 13.8. The number of aromatic nitrogens is 1. The number of rotatable bonds is 6. The molecule has 170 valence electrons. The van der Waals surface area contributed by atoms with Gasteiger partial charge in [0.1, 0.15) is 5.82 Å². The summed E-state index contributed by atoms with van der Waals surface area (Å²) in [6.45, 7) is 7.28. The molecule has 1 saturated carbocycles. The van der Waals surface area contributed by atoms with E-state index in [1.165, 1.54) is 19.3 Å². The SMILES string of the molecule is Cc1ccc2c(c1)N(c1ccc(NCCN)cn1)C(=O)N(C(C)C)N=C2C1CCCCC1. The molecule has 1 aromatic carbocycles. The zero-order chi connectivity index (χ0) is 22.7. The van der Waals surface area contributed by atoms with Crippen LogP contribution in [0, 0.1) is 12.8 Å². The second kappa shape index (κ2) is 9.69. The van der Waals surface area contributed by atoms with Gasteiger partial charge >= 0.3 is 6.03 Å². The Hall–Kier alpha value is -2.93. The van der Waals surface area contributed by atoms with Crippen LogP contribution in [0.1, 0.15) is 57.1 Å². The van der Waals surface area contributed by atoms with Crippen molar-refractivity contribution in [1.82, 2.24) is 9.99 Å². The van der Waals surface area contributed by atoms with Crippen LogP contribution in [0.5, 0.6) is 0 Å². The summed E-state index contributed by atoms with van der Waals surface area (Å²) in [4.78, 5) is 20.2. The van der Waals surface area contributed by atoms with Crippen LogP contribution in [-0.4, -0.2) is 40.9 Å². The monoisotopic (exact) mass is 434 g/mol. The van der Waals surface area contributed by atoms with Crippen molar-refractivity contribution >= 4 is 28.9 Å². The fourth-order valence-electron chi connectivity index (χ4n) is 4.54. The normalized spacial score (nSPS) is 17.3. The number of nitrogens with one attached hydrogen (secondary N) is 1. The van der Waals surface area contributed by atoms with E-state index in [1.807, 2.05) is 26.0 Å². The van der Waals surface area contributed by atoms with Crippen LogP contribution in [0.2, 0.25) is 0 Å². The van der Waals surface area contributed by atoms with Gasteiger partial charge in [0.15, 0.2) is 0 Å². The number of pyridine rings is 1. The van der Waals surface area contributed by atoms with Gasteiger partial charge in [-0.1, -0.05) is 31.4 Å². The Labute approximate surface area is 190 Å². The Kier molecular flexibility index (Phi) is 6.74. The number of amides is 2. The van der Waals surface area contributed by atoms with E-state index in [0.29, 0.717) is 24.8 Å². The van der Waals surface area contributed by atoms with E-state index in [1.54, 1.807) is 16.1 Å². The average Bonchev–Trinajstić information content (AvgIpc) is 2.92. The Morgan fingerprint density at radius 1 is 1.16 bits per heavy atom. The highest BCUT2D eigenvalue weighted by molar-refractivity contribution is 6.13. The van der Waals surface area contributed by atoms with E-state index < -0.39 is 0 Å². The molecular weight excluding hydrogens is 400 g/mol. The molecule has 4 rings (SSSR count). The molecule has 2 amide bonds. The van der Waals surface area contributed by atoms with Crippen LogP contribution in [0.15, 0.2) is 41.6 Å². The predicted molar refractivity (Wildman–Crippen MR) is 131 cm³/mol. The summed E-state index contributed by atoms with van der Waals surface area (Å²) in [6.07, 6.45) is 7.68. The van der Waals surface area contributed by atoms with Crippen molar-refractivity contribution in [3.63, 3.8) is 0 Å². The van der Waals surface area contributed by atoms with Crippen molar-refractivity contribution in [3.8, 4) is 0 Å². The first kappa shape index (κ1) is 22.3. The zero-order valence-electron chi connectivity index (χ0n) is 19.3. The Morgan fingerprint density at radius 2 is 1.94 bits per heavy atom. The summed E-state index contributed by atoms with van der Waals surface area (Å²) in [6, 6.07) is 9.90. The smallest absolute Gasteiger partial charge is 0.350 e. The molecule has 0 unspecified atom stereocenters. The van der Waals surface area contributed by atoms with E-state index in [-0.39, 0.29) is 12.1 Å². The quantitative estimate of drug-likeness (QED) is 0.668. The molecule has 0 atom stereocenters. The van der Waals surface area contributed by atoms with Crippen molar-refractivity contribution in [1.29, 1.82) is 0 Å². The van der Waals surface area contributed by atoms with E-state index in [0.717, 1.165) is 41.1 Å². The van der Waals surface area contributed by atoms with E-state index >= 15 is 0 Å². The number of carbonyl (C=O) groups is 1. The molecule has 1 aliphatic carbocycles. The van der Waals surface area contributed by atoms with Gasteiger partial charge in [0.05, 0.1) is 29.3 Å². The number of nitrogens with zero attached hydrogens (tertiary/aromatic N) is 4. The summed E-state index contributed by atoms with van der Waals surface area (Å²) in [5.74, 6) is 0.959. The molecule has 2 aromatic rings. The molecule has 2 heterocycles. The van der Waals surface area contributed by atoms with Gasteiger partial charge in [0.2, 0.25) is 0 Å². The zero-order valence-corrected chi connectivity index (χ0v) is 19.3. The molecule has 1 fully saturated rings. The van der Waals surface area contributed by atoms with Crippen LogP contribution in [-0.2, 0) is 0 Å². The molecule has 1 aromatic heterocycles. The number of fused-ring (bicyclic) bond motifs is 1. The molecule has 7 nitrogen and oxygen atoms in total. The van der Waals surface area contributed by atoms with E-state index in [2.05, 4.69) is 35.4 Å². The van der Waals surface area contributed by atoms with Crippen LogP contribution >= 0.6 is 0 Å². The minimum Gasteiger partial charge on any atom is -0.383 e. The second-order valence-electron chi connectivity index (χ2n) is 9.02. The highest BCUT2D eigenvalue weighted by Crippen LogP contribution is 2.38. The molecular formula is C25H34N6O. The molecule has 0 bridgehead atoms. The summed E-state index contributed by atoms with van der Waals surface area (Å²) in [5.41, 5.74) is 10.5. The molecule has 2 aliphatic rings. The van der Waals surface area contributed by atoms with Crippen molar-refractivity contribution < 1.29 is 4.79 Å². The number of benzene rings is 1. The molecule has 0 radical (unpaired) electrons. The molecule has 0 spiro atoms. The summed E-state index contributed by atoms with van der Waals surface area (Å²) in [5, 5.41) is 9.85. The van der Waals surface area contributed by atoms with Crippen LogP contribution in [0.3, 0.4) is 0 Å². The minimum atomic E-state index is -0.173. The van der Waals surface area contributed by atoms with Gasteiger partial charge in [-0.25, -0.2) is 19.7 Å². The van der Waals surface area contributed by atoms with Crippen LogP contribution < -0.4 is 16.0 Å². The first-order chi connectivity index (χ1) is 15.5. The van der Waals surface area contributed by atoms with E-state index in [9.17, 15) is 4.79 Å². The number of anilines is 3. The number of hydrogen-bond acceptors (Lipinski definition) is 5.